The Morgan fingerprint density at radius 1 is 1.15 bits per heavy atom. The summed E-state index contributed by atoms with van der Waals surface area (Å²) in [6, 6.07) is 14.3. The Bertz CT molecular complexity index is 944. The average Bonchev–Trinajstić information content (AvgIpc) is 3.18. The second kappa shape index (κ2) is 8.35. The fourth-order valence-electron chi connectivity index (χ4n) is 2.62. The zero-order chi connectivity index (χ0) is 19.2. The zero-order valence-electron chi connectivity index (χ0n) is 15.4. The summed E-state index contributed by atoms with van der Waals surface area (Å²) in [4.78, 5) is 26.1. The number of anilines is 2. The Labute approximate surface area is 157 Å². The number of nitrogens with one attached hydrogen (secondary N) is 1. The van der Waals surface area contributed by atoms with Crippen molar-refractivity contribution >= 4 is 17.3 Å². The minimum atomic E-state index is -0.204. The van der Waals surface area contributed by atoms with Crippen LogP contribution in [0.4, 0.5) is 11.4 Å². The molecule has 0 bridgehead atoms. The Kier molecular flexibility index (Phi) is 5.71. The van der Waals surface area contributed by atoms with E-state index in [9.17, 15) is 9.59 Å². The monoisotopic (exact) mass is 366 g/mol. The van der Waals surface area contributed by atoms with E-state index in [2.05, 4.69) is 10.4 Å². The number of hydrogen-bond donors (Lipinski definition) is 1. The van der Waals surface area contributed by atoms with E-state index in [-0.39, 0.29) is 11.5 Å². The summed E-state index contributed by atoms with van der Waals surface area (Å²) < 4.78 is 6.66. The van der Waals surface area contributed by atoms with Crippen LogP contribution in [-0.2, 0) is 11.3 Å². The third-order valence-corrected chi connectivity index (χ3v) is 4.08. The molecule has 27 heavy (non-hydrogen) atoms. The third-order valence-electron chi connectivity index (χ3n) is 4.08. The molecular formula is C20H22N4O3. The van der Waals surface area contributed by atoms with Gasteiger partial charge in [-0.1, -0.05) is 0 Å². The summed E-state index contributed by atoms with van der Waals surface area (Å²) >= 11 is 0. The first kappa shape index (κ1) is 18.4. The molecule has 2 heterocycles. The fraction of sp³-hybridized carbons (Fsp3) is 0.250. The largest absolute Gasteiger partial charge is 0.463 e. The molecule has 0 atom stereocenters. The highest BCUT2D eigenvalue weighted by atomic mass is 16.3. The van der Waals surface area contributed by atoms with Gasteiger partial charge < -0.3 is 14.6 Å². The Balaban J connectivity index is 1.54. The van der Waals surface area contributed by atoms with Crippen LogP contribution in [0, 0.1) is 0 Å². The minimum absolute atomic E-state index is 0.0946. The maximum Gasteiger partial charge on any atom is 0.266 e. The smallest absolute Gasteiger partial charge is 0.266 e. The van der Waals surface area contributed by atoms with Crippen LogP contribution in [0.3, 0.4) is 0 Å². The molecular weight excluding hydrogens is 344 g/mol. The van der Waals surface area contributed by atoms with Crippen LogP contribution in [0.2, 0.25) is 0 Å². The number of furan rings is 1. The van der Waals surface area contributed by atoms with Crippen LogP contribution in [0.15, 0.2) is 64.0 Å². The van der Waals surface area contributed by atoms with Gasteiger partial charge >= 0.3 is 0 Å². The molecule has 0 aliphatic rings. The van der Waals surface area contributed by atoms with E-state index in [1.165, 1.54) is 10.7 Å². The van der Waals surface area contributed by atoms with Crippen molar-refractivity contribution in [3.63, 3.8) is 0 Å². The SMILES string of the molecule is CN(C)c1ccc(NC(=O)CCCn2nc(-c3ccco3)ccc2=O)cc1. The molecule has 0 aliphatic carbocycles. The van der Waals surface area contributed by atoms with Gasteiger partial charge in [-0.3, -0.25) is 9.59 Å². The number of hydrogen-bond acceptors (Lipinski definition) is 5. The van der Waals surface area contributed by atoms with Gasteiger partial charge in [0.25, 0.3) is 5.56 Å². The van der Waals surface area contributed by atoms with E-state index in [0.717, 1.165) is 11.4 Å². The lowest BCUT2D eigenvalue weighted by atomic mass is 10.2. The Hall–Kier alpha value is -3.35. The van der Waals surface area contributed by atoms with Crippen LogP contribution in [0.25, 0.3) is 11.5 Å². The van der Waals surface area contributed by atoms with Crippen LogP contribution in [0.1, 0.15) is 12.8 Å². The summed E-state index contributed by atoms with van der Waals surface area (Å²) in [6.07, 6.45) is 2.37. The molecule has 1 N–H and O–H groups in total. The number of carbonyl (C=O) groups is 1. The lowest BCUT2D eigenvalue weighted by Crippen LogP contribution is -2.23. The lowest BCUT2D eigenvalue weighted by Gasteiger charge is -2.13. The standard InChI is InChI=1S/C20H22N4O3/c1-23(2)16-9-7-15(8-10-16)21-19(25)6-3-13-24-20(26)12-11-17(22-24)18-5-4-14-27-18/h4-5,7-12,14H,3,6,13H2,1-2H3,(H,21,25). The number of carbonyl (C=O) groups excluding carboxylic acids is 1. The molecule has 0 saturated heterocycles. The van der Waals surface area contributed by atoms with Crippen molar-refractivity contribution in [2.75, 3.05) is 24.3 Å². The number of aromatic nitrogens is 2. The first-order chi connectivity index (χ1) is 13.0. The molecule has 2 aromatic heterocycles. The highest BCUT2D eigenvalue weighted by molar-refractivity contribution is 5.90. The van der Waals surface area contributed by atoms with Crippen molar-refractivity contribution in [1.82, 2.24) is 9.78 Å². The molecule has 3 rings (SSSR count). The molecule has 0 saturated carbocycles. The van der Waals surface area contributed by atoms with Gasteiger partial charge in [0.1, 0.15) is 5.69 Å². The van der Waals surface area contributed by atoms with Gasteiger partial charge in [-0.15, -0.1) is 0 Å². The van der Waals surface area contributed by atoms with Gasteiger partial charge in [-0.2, -0.15) is 5.10 Å². The number of rotatable bonds is 7. The maximum absolute atomic E-state index is 12.1. The summed E-state index contributed by atoms with van der Waals surface area (Å²) in [5.74, 6) is 0.505. The maximum atomic E-state index is 12.1. The predicted octanol–water partition coefficient (Wildman–Crippen LogP) is 2.99. The van der Waals surface area contributed by atoms with Crippen LogP contribution >= 0.6 is 0 Å². The molecule has 1 amide bonds. The number of benzene rings is 1. The van der Waals surface area contributed by atoms with Crippen molar-refractivity contribution in [3.8, 4) is 11.5 Å². The lowest BCUT2D eigenvalue weighted by molar-refractivity contribution is -0.116. The van der Waals surface area contributed by atoms with Crippen LogP contribution in [-0.4, -0.2) is 29.8 Å². The molecule has 0 radical (unpaired) electrons. The van der Waals surface area contributed by atoms with E-state index < -0.39 is 0 Å². The first-order valence-electron chi connectivity index (χ1n) is 8.72. The third kappa shape index (κ3) is 4.84. The van der Waals surface area contributed by atoms with Gasteiger partial charge in [-0.05, 0) is 48.9 Å². The van der Waals surface area contributed by atoms with E-state index in [0.29, 0.717) is 30.8 Å². The van der Waals surface area contributed by atoms with Crippen molar-refractivity contribution in [1.29, 1.82) is 0 Å². The van der Waals surface area contributed by atoms with Crippen molar-refractivity contribution in [2.45, 2.75) is 19.4 Å². The molecule has 7 nitrogen and oxygen atoms in total. The Morgan fingerprint density at radius 2 is 1.93 bits per heavy atom. The van der Waals surface area contributed by atoms with Crippen molar-refractivity contribution < 1.29 is 9.21 Å². The summed E-state index contributed by atoms with van der Waals surface area (Å²) in [6.45, 7) is 0.361. The molecule has 0 fully saturated rings. The fourth-order valence-corrected chi connectivity index (χ4v) is 2.62. The molecule has 7 heteroatoms. The summed E-state index contributed by atoms with van der Waals surface area (Å²) in [7, 11) is 3.93. The number of nitrogens with zero attached hydrogens (tertiary/aromatic N) is 3. The topological polar surface area (TPSA) is 80.4 Å². The second-order valence-electron chi connectivity index (χ2n) is 6.35. The first-order valence-corrected chi connectivity index (χ1v) is 8.72. The molecule has 1 aromatic carbocycles. The van der Waals surface area contributed by atoms with E-state index >= 15 is 0 Å². The van der Waals surface area contributed by atoms with Crippen LogP contribution in [0.5, 0.6) is 0 Å². The van der Waals surface area contributed by atoms with Gasteiger partial charge in [0.2, 0.25) is 5.91 Å². The minimum Gasteiger partial charge on any atom is -0.463 e. The molecule has 0 aliphatic heterocycles. The van der Waals surface area contributed by atoms with Gasteiger partial charge in [0.15, 0.2) is 5.76 Å². The highest BCUT2D eigenvalue weighted by Crippen LogP contribution is 2.16. The van der Waals surface area contributed by atoms with Gasteiger partial charge in [0, 0.05) is 44.5 Å². The molecule has 0 unspecified atom stereocenters. The predicted molar refractivity (Wildman–Crippen MR) is 105 cm³/mol. The van der Waals surface area contributed by atoms with Gasteiger partial charge in [-0.25, -0.2) is 4.68 Å². The van der Waals surface area contributed by atoms with Crippen LogP contribution < -0.4 is 15.8 Å². The second-order valence-corrected chi connectivity index (χ2v) is 6.35. The number of aryl methyl sites for hydroxylation is 1. The molecule has 0 spiro atoms. The van der Waals surface area contributed by atoms with Crippen molar-refractivity contribution in [2.24, 2.45) is 0 Å². The Morgan fingerprint density at radius 3 is 2.59 bits per heavy atom. The zero-order valence-corrected chi connectivity index (χ0v) is 15.4. The van der Waals surface area contributed by atoms with E-state index in [1.54, 1.807) is 24.5 Å². The number of amides is 1. The summed E-state index contributed by atoms with van der Waals surface area (Å²) in [5.41, 5.74) is 2.20. The van der Waals surface area contributed by atoms with Gasteiger partial charge in [0.05, 0.1) is 6.26 Å². The molecule has 140 valence electrons. The van der Waals surface area contributed by atoms with E-state index in [1.807, 2.05) is 43.3 Å². The molecule has 3 aromatic rings. The quantitative estimate of drug-likeness (QED) is 0.695. The summed E-state index contributed by atoms with van der Waals surface area (Å²) in [5, 5.41) is 7.16. The van der Waals surface area contributed by atoms with E-state index in [4.69, 9.17) is 4.42 Å². The normalized spacial score (nSPS) is 10.6. The highest BCUT2D eigenvalue weighted by Gasteiger charge is 2.07. The van der Waals surface area contributed by atoms with Crippen molar-refractivity contribution in [3.05, 3.63) is 65.1 Å². The average molecular weight is 366 g/mol.